The van der Waals surface area contributed by atoms with E-state index in [1.807, 2.05) is 12.1 Å². The van der Waals surface area contributed by atoms with Gasteiger partial charge >= 0.3 is 0 Å². The number of rotatable bonds is 4. The Morgan fingerprint density at radius 1 is 1.06 bits per heavy atom. The minimum Gasteiger partial charge on any atom is -0.391 e. The Morgan fingerprint density at radius 2 is 1.74 bits per heavy atom. The van der Waals surface area contributed by atoms with Crippen molar-refractivity contribution in [3.8, 4) is 22.5 Å². The SMILES string of the molecule is Cn1c(C(=O)NC2CCCC[C@H]2O)nc(-c2ccc(Cl)cc2Cl)c1-c1ccc(Cl)cc1. The molecule has 1 fully saturated rings. The normalized spacial score (nSPS) is 18.7. The van der Waals surface area contributed by atoms with Crippen LogP contribution in [-0.2, 0) is 7.05 Å². The first-order chi connectivity index (χ1) is 14.8. The van der Waals surface area contributed by atoms with Crippen LogP contribution in [0.3, 0.4) is 0 Å². The lowest BCUT2D eigenvalue weighted by Crippen LogP contribution is -2.45. The summed E-state index contributed by atoms with van der Waals surface area (Å²) in [5.41, 5.74) is 2.82. The molecule has 2 atom stereocenters. The highest BCUT2D eigenvalue weighted by molar-refractivity contribution is 6.36. The van der Waals surface area contributed by atoms with Gasteiger partial charge in [0.05, 0.1) is 28.6 Å². The van der Waals surface area contributed by atoms with Gasteiger partial charge in [0.2, 0.25) is 0 Å². The first-order valence-corrected chi connectivity index (χ1v) is 11.3. The van der Waals surface area contributed by atoms with Gasteiger partial charge in [-0.2, -0.15) is 0 Å². The lowest BCUT2D eigenvalue weighted by molar-refractivity contribution is 0.0708. The number of aromatic nitrogens is 2. The summed E-state index contributed by atoms with van der Waals surface area (Å²) < 4.78 is 1.74. The number of nitrogens with zero attached hydrogens (tertiary/aromatic N) is 2. The van der Waals surface area contributed by atoms with E-state index in [2.05, 4.69) is 10.3 Å². The summed E-state index contributed by atoms with van der Waals surface area (Å²) in [6, 6.07) is 12.2. The van der Waals surface area contributed by atoms with Gasteiger partial charge in [0, 0.05) is 28.2 Å². The molecule has 0 saturated heterocycles. The van der Waals surface area contributed by atoms with E-state index in [0.717, 1.165) is 30.5 Å². The molecule has 31 heavy (non-hydrogen) atoms. The monoisotopic (exact) mass is 477 g/mol. The molecule has 0 aliphatic heterocycles. The first kappa shape index (κ1) is 22.2. The number of carbonyl (C=O) groups is 1. The van der Waals surface area contributed by atoms with Crippen LogP contribution < -0.4 is 5.32 Å². The third-order valence-electron chi connectivity index (χ3n) is 5.65. The van der Waals surface area contributed by atoms with Gasteiger partial charge in [-0.1, -0.05) is 59.8 Å². The fourth-order valence-electron chi connectivity index (χ4n) is 4.02. The third-order valence-corrected chi connectivity index (χ3v) is 6.45. The molecule has 1 aromatic heterocycles. The van der Waals surface area contributed by atoms with E-state index in [9.17, 15) is 9.90 Å². The zero-order chi connectivity index (χ0) is 22.1. The second-order valence-electron chi connectivity index (χ2n) is 7.75. The van der Waals surface area contributed by atoms with Crippen molar-refractivity contribution in [1.29, 1.82) is 0 Å². The van der Waals surface area contributed by atoms with Crippen LogP contribution in [0.15, 0.2) is 42.5 Å². The van der Waals surface area contributed by atoms with Crippen LogP contribution in [0.4, 0.5) is 0 Å². The molecule has 1 amide bonds. The van der Waals surface area contributed by atoms with Gasteiger partial charge in [-0.25, -0.2) is 4.98 Å². The van der Waals surface area contributed by atoms with Gasteiger partial charge in [-0.15, -0.1) is 0 Å². The minimum absolute atomic E-state index is 0.240. The van der Waals surface area contributed by atoms with Crippen molar-refractivity contribution >= 4 is 40.7 Å². The molecule has 3 aromatic rings. The molecule has 0 spiro atoms. The number of nitrogens with one attached hydrogen (secondary N) is 1. The smallest absolute Gasteiger partial charge is 0.287 e. The van der Waals surface area contributed by atoms with E-state index in [0.29, 0.717) is 32.7 Å². The lowest BCUT2D eigenvalue weighted by Gasteiger charge is -2.28. The molecular weight excluding hydrogens is 457 g/mol. The number of amides is 1. The Hall–Kier alpha value is -2.05. The van der Waals surface area contributed by atoms with Gasteiger partial charge in [-0.3, -0.25) is 4.79 Å². The standard InChI is InChI=1S/C23H22Cl3N3O2/c1-29-21(13-6-8-14(24)9-7-13)20(16-11-10-15(25)12-17(16)26)28-22(29)23(31)27-18-4-2-3-5-19(18)30/h6-12,18-19,30H,2-5H2,1H3,(H,27,31)/t18?,19-/m1/s1. The molecule has 8 heteroatoms. The molecule has 1 saturated carbocycles. The van der Waals surface area contributed by atoms with Crippen molar-refractivity contribution in [3.05, 3.63) is 63.4 Å². The van der Waals surface area contributed by atoms with E-state index in [-0.39, 0.29) is 17.8 Å². The molecule has 1 heterocycles. The van der Waals surface area contributed by atoms with Crippen LogP contribution in [0.25, 0.3) is 22.5 Å². The lowest BCUT2D eigenvalue weighted by atomic mass is 9.92. The maximum absolute atomic E-state index is 13.1. The summed E-state index contributed by atoms with van der Waals surface area (Å²) in [7, 11) is 1.79. The molecular formula is C23H22Cl3N3O2. The predicted octanol–water partition coefficient (Wildman–Crippen LogP) is 5.75. The Bertz CT molecular complexity index is 1110. The Labute approximate surface area is 196 Å². The number of imidazole rings is 1. The zero-order valence-electron chi connectivity index (χ0n) is 16.9. The molecule has 4 rings (SSSR count). The van der Waals surface area contributed by atoms with E-state index in [4.69, 9.17) is 34.8 Å². The van der Waals surface area contributed by atoms with E-state index < -0.39 is 6.10 Å². The number of hydrogen-bond donors (Lipinski definition) is 2. The second-order valence-corrected chi connectivity index (χ2v) is 9.03. The van der Waals surface area contributed by atoms with Crippen molar-refractivity contribution in [2.45, 2.75) is 37.8 Å². The van der Waals surface area contributed by atoms with Gasteiger partial charge < -0.3 is 15.0 Å². The molecule has 162 valence electrons. The molecule has 1 unspecified atom stereocenters. The number of hydrogen-bond acceptors (Lipinski definition) is 3. The Morgan fingerprint density at radius 3 is 2.42 bits per heavy atom. The van der Waals surface area contributed by atoms with Crippen LogP contribution in [0.1, 0.15) is 36.3 Å². The molecule has 0 radical (unpaired) electrons. The summed E-state index contributed by atoms with van der Waals surface area (Å²) in [6.07, 6.45) is 2.84. The number of aliphatic hydroxyl groups excluding tert-OH is 1. The highest BCUT2D eigenvalue weighted by Gasteiger charge is 2.28. The highest BCUT2D eigenvalue weighted by Crippen LogP contribution is 2.37. The molecule has 2 aromatic carbocycles. The quantitative estimate of drug-likeness (QED) is 0.502. The van der Waals surface area contributed by atoms with Gasteiger partial charge in [0.25, 0.3) is 5.91 Å². The van der Waals surface area contributed by atoms with Crippen molar-refractivity contribution in [1.82, 2.24) is 14.9 Å². The summed E-state index contributed by atoms with van der Waals surface area (Å²) >= 11 is 18.6. The van der Waals surface area contributed by atoms with Crippen molar-refractivity contribution in [2.75, 3.05) is 0 Å². The van der Waals surface area contributed by atoms with Crippen molar-refractivity contribution in [2.24, 2.45) is 7.05 Å². The largest absolute Gasteiger partial charge is 0.391 e. The van der Waals surface area contributed by atoms with E-state index in [1.54, 1.807) is 41.9 Å². The average molecular weight is 479 g/mol. The number of carbonyl (C=O) groups excluding carboxylic acids is 1. The number of aliphatic hydroxyl groups is 1. The molecule has 2 N–H and O–H groups in total. The van der Waals surface area contributed by atoms with Crippen LogP contribution >= 0.6 is 34.8 Å². The number of halogens is 3. The predicted molar refractivity (Wildman–Crippen MR) is 125 cm³/mol. The topological polar surface area (TPSA) is 67.2 Å². The molecule has 5 nitrogen and oxygen atoms in total. The zero-order valence-corrected chi connectivity index (χ0v) is 19.2. The summed E-state index contributed by atoms with van der Waals surface area (Å²) in [6.45, 7) is 0. The Kier molecular flexibility index (Phi) is 6.58. The van der Waals surface area contributed by atoms with Crippen LogP contribution in [0.2, 0.25) is 15.1 Å². The van der Waals surface area contributed by atoms with Gasteiger partial charge in [0.1, 0.15) is 0 Å². The van der Waals surface area contributed by atoms with Crippen LogP contribution in [-0.4, -0.2) is 32.7 Å². The maximum atomic E-state index is 13.1. The summed E-state index contributed by atoms with van der Waals surface area (Å²) in [5, 5.41) is 14.8. The van der Waals surface area contributed by atoms with Crippen LogP contribution in [0, 0.1) is 0 Å². The van der Waals surface area contributed by atoms with Crippen molar-refractivity contribution in [3.63, 3.8) is 0 Å². The van der Waals surface area contributed by atoms with Crippen molar-refractivity contribution < 1.29 is 9.90 Å². The summed E-state index contributed by atoms with van der Waals surface area (Å²) in [4.78, 5) is 17.8. The van der Waals surface area contributed by atoms with Crippen LogP contribution in [0.5, 0.6) is 0 Å². The van der Waals surface area contributed by atoms with E-state index in [1.165, 1.54) is 0 Å². The molecule has 1 aliphatic rings. The van der Waals surface area contributed by atoms with E-state index >= 15 is 0 Å². The first-order valence-electron chi connectivity index (χ1n) is 10.1. The minimum atomic E-state index is -0.543. The fourth-order valence-corrected chi connectivity index (χ4v) is 4.65. The summed E-state index contributed by atoms with van der Waals surface area (Å²) in [5.74, 6) is -0.0938. The molecule has 0 bridgehead atoms. The fraction of sp³-hybridized carbons (Fsp3) is 0.304. The number of benzene rings is 2. The average Bonchev–Trinajstić information content (AvgIpc) is 3.07. The second kappa shape index (κ2) is 9.21. The third kappa shape index (κ3) is 4.60. The molecule has 1 aliphatic carbocycles. The Balaban J connectivity index is 1.80. The van der Waals surface area contributed by atoms with Gasteiger partial charge in [0.15, 0.2) is 5.82 Å². The highest BCUT2D eigenvalue weighted by atomic mass is 35.5. The van der Waals surface area contributed by atoms with Gasteiger partial charge in [-0.05, 0) is 43.2 Å². The maximum Gasteiger partial charge on any atom is 0.287 e.